The van der Waals surface area contributed by atoms with Crippen molar-refractivity contribution in [2.75, 3.05) is 11.5 Å². The van der Waals surface area contributed by atoms with E-state index in [-0.39, 0.29) is 12.3 Å². The molecule has 1 aliphatic heterocycles. The van der Waals surface area contributed by atoms with Crippen LogP contribution in [0.3, 0.4) is 0 Å². The molecule has 17 heavy (non-hydrogen) atoms. The first-order valence-corrected chi connectivity index (χ1v) is 6.12. The summed E-state index contributed by atoms with van der Waals surface area (Å²) in [6, 6.07) is 0. The van der Waals surface area contributed by atoms with E-state index in [0.29, 0.717) is 11.3 Å². The van der Waals surface area contributed by atoms with E-state index in [9.17, 15) is 0 Å². The van der Waals surface area contributed by atoms with Gasteiger partial charge in [0.05, 0.1) is 12.4 Å². The van der Waals surface area contributed by atoms with E-state index in [4.69, 9.17) is 10.5 Å². The van der Waals surface area contributed by atoms with Crippen molar-refractivity contribution in [3.63, 3.8) is 0 Å². The van der Waals surface area contributed by atoms with Crippen molar-refractivity contribution in [3.8, 4) is 0 Å². The molecule has 6 nitrogen and oxygen atoms in total. The summed E-state index contributed by atoms with van der Waals surface area (Å²) >= 11 is 4.25. The highest BCUT2D eigenvalue weighted by molar-refractivity contribution is 7.80. The molecule has 0 aliphatic carbocycles. The fourth-order valence-corrected chi connectivity index (χ4v) is 2.38. The van der Waals surface area contributed by atoms with Gasteiger partial charge in [-0.05, 0) is 12.8 Å². The van der Waals surface area contributed by atoms with Crippen molar-refractivity contribution >= 4 is 29.6 Å². The molecule has 0 amide bonds. The first-order valence-electron chi connectivity index (χ1n) is 5.49. The number of anilines is 1. The number of hydrogen-bond donors (Lipinski definition) is 2. The van der Waals surface area contributed by atoms with Gasteiger partial charge in [0.2, 0.25) is 0 Å². The lowest BCUT2D eigenvalue weighted by Gasteiger charge is -2.13. The quantitative estimate of drug-likeness (QED) is 0.779. The van der Waals surface area contributed by atoms with Gasteiger partial charge < -0.3 is 10.5 Å². The molecule has 1 saturated heterocycles. The second kappa shape index (κ2) is 4.15. The van der Waals surface area contributed by atoms with Crippen LogP contribution in [0, 0.1) is 0 Å². The van der Waals surface area contributed by atoms with E-state index < -0.39 is 0 Å². The van der Waals surface area contributed by atoms with Crippen LogP contribution < -0.4 is 5.73 Å². The van der Waals surface area contributed by atoms with Crippen LogP contribution in [0.1, 0.15) is 19.1 Å². The Morgan fingerprint density at radius 3 is 3.06 bits per heavy atom. The monoisotopic (exact) mass is 251 g/mol. The minimum Gasteiger partial charge on any atom is -0.382 e. The summed E-state index contributed by atoms with van der Waals surface area (Å²) in [7, 11) is 0. The molecule has 0 spiro atoms. The molecule has 1 aliphatic rings. The summed E-state index contributed by atoms with van der Waals surface area (Å²) in [5, 5.41) is 0. The number of rotatable bonds is 2. The number of thiol groups is 1. The van der Waals surface area contributed by atoms with Crippen LogP contribution in [-0.4, -0.2) is 31.4 Å². The number of hydrogen-bond acceptors (Lipinski definition) is 6. The standard InChI is InChI=1S/C10H13N5OS/c11-9-8-10(13-4-12-9)15(5-14-8)7-2-1-6(3-17)16-7/h4-7,17H,1-3H2,(H2,11,12,13)/t6-,7+/m0/s1. The SMILES string of the molecule is Nc1ncnc2c1ncn2[C@H]1CC[C@@H](CS)O1. The molecule has 2 N–H and O–H groups in total. The van der Waals surface area contributed by atoms with Gasteiger partial charge in [0.25, 0.3) is 0 Å². The molecule has 1 fully saturated rings. The number of nitrogens with two attached hydrogens (primary N) is 1. The number of imidazole rings is 1. The average molecular weight is 251 g/mol. The van der Waals surface area contributed by atoms with Crippen LogP contribution in [-0.2, 0) is 4.74 Å². The van der Waals surface area contributed by atoms with Crippen LogP contribution in [0.4, 0.5) is 5.82 Å². The molecule has 0 bridgehead atoms. The maximum Gasteiger partial charge on any atom is 0.167 e. The van der Waals surface area contributed by atoms with E-state index in [1.807, 2.05) is 4.57 Å². The van der Waals surface area contributed by atoms with Crippen LogP contribution in [0.2, 0.25) is 0 Å². The van der Waals surface area contributed by atoms with Gasteiger partial charge in [0.15, 0.2) is 11.5 Å². The van der Waals surface area contributed by atoms with E-state index in [1.54, 1.807) is 6.33 Å². The summed E-state index contributed by atoms with van der Waals surface area (Å²) in [6.45, 7) is 0. The Morgan fingerprint density at radius 2 is 2.29 bits per heavy atom. The summed E-state index contributed by atoms with van der Waals surface area (Å²) in [5.74, 6) is 1.14. The zero-order chi connectivity index (χ0) is 11.8. The Morgan fingerprint density at radius 1 is 1.41 bits per heavy atom. The van der Waals surface area contributed by atoms with Gasteiger partial charge in [0.1, 0.15) is 18.1 Å². The molecule has 0 saturated carbocycles. The molecule has 3 rings (SSSR count). The third-order valence-corrected chi connectivity index (χ3v) is 3.39. The molecular weight excluding hydrogens is 238 g/mol. The fourth-order valence-electron chi connectivity index (χ4n) is 2.11. The Balaban J connectivity index is 1.99. The Kier molecular flexibility index (Phi) is 2.64. The largest absolute Gasteiger partial charge is 0.382 e. The maximum absolute atomic E-state index is 5.85. The summed E-state index contributed by atoms with van der Waals surface area (Å²) in [6.07, 6.45) is 5.29. The Bertz CT molecular complexity index is 542. The van der Waals surface area contributed by atoms with Gasteiger partial charge in [0, 0.05) is 5.75 Å². The highest BCUT2D eigenvalue weighted by Crippen LogP contribution is 2.31. The van der Waals surface area contributed by atoms with Crippen LogP contribution >= 0.6 is 12.6 Å². The van der Waals surface area contributed by atoms with Gasteiger partial charge in [-0.1, -0.05) is 0 Å². The molecule has 0 aromatic carbocycles. The Labute approximate surface area is 104 Å². The van der Waals surface area contributed by atoms with Crippen LogP contribution in [0.5, 0.6) is 0 Å². The predicted molar refractivity (Wildman–Crippen MR) is 66.7 cm³/mol. The Hall–Kier alpha value is -1.34. The molecule has 3 heterocycles. The second-order valence-electron chi connectivity index (χ2n) is 4.06. The average Bonchev–Trinajstić information content (AvgIpc) is 2.94. The van der Waals surface area contributed by atoms with Gasteiger partial charge in [-0.3, -0.25) is 4.57 Å². The van der Waals surface area contributed by atoms with Gasteiger partial charge in [-0.25, -0.2) is 15.0 Å². The van der Waals surface area contributed by atoms with E-state index in [0.717, 1.165) is 24.2 Å². The lowest BCUT2D eigenvalue weighted by atomic mass is 10.2. The first-order chi connectivity index (χ1) is 8.29. The summed E-state index contributed by atoms with van der Waals surface area (Å²) < 4.78 is 7.76. The minimum absolute atomic E-state index is 0.0218. The zero-order valence-electron chi connectivity index (χ0n) is 9.15. The minimum atomic E-state index is -0.0218. The number of nitrogen functional groups attached to an aromatic ring is 1. The van der Waals surface area contributed by atoms with Crippen molar-refractivity contribution in [2.45, 2.75) is 25.2 Å². The smallest absolute Gasteiger partial charge is 0.167 e. The molecular formula is C10H13N5OS. The van der Waals surface area contributed by atoms with E-state index in [1.165, 1.54) is 6.33 Å². The van der Waals surface area contributed by atoms with Crippen molar-refractivity contribution in [1.82, 2.24) is 19.5 Å². The van der Waals surface area contributed by atoms with Gasteiger partial charge in [-0.15, -0.1) is 0 Å². The molecule has 2 atom stereocenters. The number of fused-ring (bicyclic) bond motifs is 1. The van der Waals surface area contributed by atoms with Crippen molar-refractivity contribution in [2.24, 2.45) is 0 Å². The zero-order valence-corrected chi connectivity index (χ0v) is 10.0. The normalized spacial score (nSPS) is 24.5. The number of aromatic nitrogens is 4. The molecule has 2 aromatic heterocycles. The van der Waals surface area contributed by atoms with E-state index in [2.05, 4.69) is 27.6 Å². The summed E-state index contributed by atoms with van der Waals surface area (Å²) in [5.41, 5.74) is 7.10. The first kappa shape index (κ1) is 10.8. The van der Waals surface area contributed by atoms with Crippen molar-refractivity contribution < 1.29 is 4.74 Å². The lowest BCUT2D eigenvalue weighted by molar-refractivity contribution is 0.0155. The van der Waals surface area contributed by atoms with Crippen LogP contribution in [0.25, 0.3) is 11.2 Å². The molecule has 2 aromatic rings. The van der Waals surface area contributed by atoms with Crippen molar-refractivity contribution in [1.29, 1.82) is 0 Å². The molecule has 0 radical (unpaired) electrons. The maximum atomic E-state index is 5.85. The van der Waals surface area contributed by atoms with Crippen molar-refractivity contribution in [3.05, 3.63) is 12.7 Å². The second-order valence-corrected chi connectivity index (χ2v) is 4.42. The fraction of sp³-hybridized carbons (Fsp3) is 0.500. The highest BCUT2D eigenvalue weighted by Gasteiger charge is 2.27. The van der Waals surface area contributed by atoms with Gasteiger partial charge >= 0.3 is 0 Å². The molecule has 0 unspecified atom stereocenters. The third kappa shape index (κ3) is 1.75. The van der Waals surface area contributed by atoms with E-state index >= 15 is 0 Å². The highest BCUT2D eigenvalue weighted by atomic mass is 32.1. The third-order valence-electron chi connectivity index (χ3n) is 2.99. The van der Waals surface area contributed by atoms with Gasteiger partial charge in [-0.2, -0.15) is 12.6 Å². The predicted octanol–water partition coefficient (Wildman–Crippen LogP) is 1.02. The van der Waals surface area contributed by atoms with Crippen LogP contribution in [0.15, 0.2) is 12.7 Å². The summed E-state index contributed by atoms with van der Waals surface area (Å²) in [4.78, 5) is 12.4. The lowest BCUT2D eigenvalue weighted by Crippen LogP contribution is -2.12. The number of ether oxygens (including phenoxy) is 1. The number of nitrogens with zero attached hydrogens (tertiary/aromatic N) is 4. The molecule has 90 valence electrons. The molecule has 7 heteroatoms. The topological polar surface area (TPSA) is 78.9 Å².